The Hall–Kier alpha value is -4.45. The summed E-state index contributed by atoms with van der Waals surface area (Å²) in [5.74, 6) is -0.511. The van der Waals surface area contributed by atoms with Gasteiger partial charge in [0.15, 0.2) is 0 Å². The highest BCUT2D eigenvalue weighted by Gasteiger charge is 2.45. The van der Waals surface area contributed by atoms with Gasteiger partial charge >= 0.3 is 5.97 Å². The Kier molecular flexibility index (Phi) is 7.75. The summed E-state index contributed by atoms with van der Waals surface area (Å²) in [5.41, 5.74) is 1.81. The largest absolute Gasteiger partial charge is 0.481 e. The maximum atomic E-state index is 14.5. The maximum Gasteiger partial charge on any atom is 0.328 e. The van der Waals surface area contributed by atoms with Crippen molar-refractivity contribution in [2.45, 2.75) is 17.9 Å². The predicted octanol–water partition coefficient (Wildman–Crippen LogP) is 4.33. The third-order valence-electron chi connectivity index (χ3n) is 6.22. The first-order valence-electron chi connectivity index (χ1n) is 11.6. The molecule has 4 rings (SSSR count). The molecule has 0 unspecified atom stereocenters. The fourth-order valence-electron chi connectivity index (χ4n) is 4.54. The van der Waals surface area contributed by atoms with Gasteiger partial charge in [-0.25, -0.2) is 9.78 Å². The van der Waals surface area contributed by atoms with Crippen LogP contribution in [-0.4, -0.2) is 37.1 Å². The Morgan fingerprint density at radius 2 is 1.28 bits per heavy atom. The van der Waals surface area contributed by atoms with Crippen LogP contribution in [0, 0.1) is 0 Å². The molecule has 182 valence electrons. The molecule has 0 aliphatic carbocycles. The fraction of sp³-hybridized carbons (Fsp3) is 0.167. The summed E-state index contributed by atoms with van der Waals surface area (Å²) in [4.78, 5) is 31.6. The Morgan fingerprint density at radius 1 is 0.778 bits per heavy atom. The fourth-order valence-corrected chi connectivity index (χ4v) is 4.54. The SMILES string of the molecule is COC(=O)[C@H](Cc1cccnc1OC)NC(=O)C(c1ccccc1)(c1ccccc1)c1ccccc1. The number of amides is 1. The average molecular weight is 481 g/mol. The van der Waals surface area contributed by atoms with Crippen molar-refractivity contribution in [2.75, 3.05) is 14.2 Å². The molecule has 0 radical (unpaired) electrons. The van der Waals surface area contributed by atoms with Gasteiger partial charge in [-0.1, -0.05) is 97.1 Å². The van der Waals surface area contributed by atoms with E-state index in [4.69, 9.17) is 9.47 Å². The third-order valence-corrected chi connectivity index (χ3v) is 6.22. The van der Waals surface area contributed by atoms with E-state index in [2.05, 4.69) is 10.3 Å². The summed E-state index contributed by atoms with van der Waals surface area (Å²) in [7, 11) is 2.82. The molecule has 1 aromatic heterocycles. The van der Waals surface area contributed by atoms with Crippen LogP contribution in [0.25, 0.3) is 0 Å². The highest BCUT2D eigenvalue weighted by atomic mass is 16.5. The summed E-state index contributed by atoms with van der Waals surface area (Å²) in [6.45, 7) is 0. The number of aromatic nitrogens is 1. The summed E-state index contributed by atoms with van der Waals surface area (Å²) in [6, 6.07) is 31.3. The first kappa shape index (κ1) is 24.7. The molecular weight excluding hydrogens is 452 g/mol. The second-order valence-corrected chi connectivity index (χ2v) is 8.27. The van der Waals surface area contributed by atoms with Gasteiger partial charge in [-0.3, -0.25) is 4.79 Å². The monoisotopic (exact) mass is 480 g/mol. The second kappa shape index (κ2) is 11.3. The Morgan fingerprint density at radius 3 is 1.72 bits per heavy atom. The number of nitrogens with one attached hydrogen (secondary N) is 1. The normalized spacial score (nSPS) is 11.8. The van der Waals surface area contributed by atoms with Crippen LogP contribution >= 0.6 is 0 Å². The quantitative estimate of drug-likeness (QED) is 0.285. The maximum absolute atomic E-state index is 14.5. The van der Waals surface area contributed by atoms with Crippen molar-refractivity contribution >= 4 is 11.9 Å². The molecule has 0 saturated heterocycles. The molecule has 36 heavy (non-hydrogen) atoms. The number of carbonyl (C=O) groups excluding carboxylic acids is 2. The third kappa shape index (κ3) is 4.84. The lowest BCUT2D eigenvalue weighted by molar-refractivity contribution is -0.145. The summed E-state index contributed by atoms with van der Waals surface area (Å²) < 4.78 is 10.4. The molecule has 1 amide bonds. The van der Waals surface area contributed by atoms with Crippen LogP contribution in [0.5, 0.6) is 5.88 Å². The van der Waals surface area contributed by atoms with Gasteiger partial charge in [-0.05, 0) is 22.8 Å². The number of carbonyl (C=O) groups is 2. The van der Waals surface area contributed by atoms with Crippen LogP contribution in [0.2, 0.25) is 0 Å². The van der Waals surface area contributed by atoms with Gasteiger partial charge in [0, 0.05) is 18.2 Å². The van der Waals surface area contributed by atoms with E-state index in [-0.39, 0.29) is 12.3 Å². The van der Waals surface area contributed by atoms with E-state index in [9.17, 15) is 9.59 Å². The average Bonchev–Trinajstić information content (AvgIpc) is 2.94. The van der Waals surface area contributed by atoms with Gasteiger partial charge in [0.2, 0.25) is 11.8 Å². The van der Waals surface area contributed by atoms with Crippen molar-refractivity contribution in [3.8, 4) is 5.88 Å². The molecular formula is C30H28N2O4. The minimum Gasteiger partial charge on any atom is -0.481 e. The van der Waals surface area contributed by atoms with Crippen LogP contribution in [0.4, 0.5) is 0 Å². The molecule has 0 aliphatic heterocycles. The number of nitrogens with zero attached hydrogens (tertiary/aromatic N) is 1. The Balaban J connectivity index is 1.85. The van der Waals surface area contributed by atoms with Crippen LogP contribution in [0.3, 0.4) is 0 Å². The van der Waals surface area contributed by atoms with E-state index in [1.807, 2.05) is 97.1 Å². The number of esters is 1. The lowest BCUT2D eigenvalue weighted by Crippen LogP contribution is -2.52. The standard InChI is InChI=1S/C30H28N2O4/c1-35-27-22(13-12-20-31-27)21-26(28(33)36-2)32-29(34)30(23-14-6-3-7-15-23,24-16-8-4-9-17-24)25-18-10-5-11-19-25/h3-20,26H,21H2,1-2H3,(H,32,34)/t26-/m0/s1. The van der Waals surface area contributed by atoms with E-state index in [0.29, 0.717) is 11.4 Å². The molecule has 1 heterocycles. The Bertz CT molecular complexity index is 1200. The molecule has 1 atom stereocenters. The van der Waals surface area contributed by atoms with Crippen molar-refractivity contribution in [1.82, 2.24) is 10.3 Å². The summed E-state index contributed by atoms with van der Waals surface area (Å²) in [6.07, 6.45) is 1.77. The number of methoxy groups -OCH3 is 2. The number of ether oxygens (including phenoxy) is 2. The van der Waals surface area contributed by atoms with Gasteiger partial charge in [0.1, 0.15) is 11.5 Å². The highest BCUT2D eigenvalue weighted by Crippen LogP contribution is 2.39. The van der Waals surface area contributed by atoms with E-state index in [1.165, 1.54) is 14.2 Å². The summed E-state index contributed by atoms with van der Waals surface area (Å²) >= 11 is 0. The molecule has 3 aromatic carbocycles. The van der Waals surface area contributed by atoms with Crippen molar-refractivity contribution in [3.05, 3.63) is 132 Å². The van der Waals surface area contributed by atoms with Gasteiger partial charge < -0.3 is 14.8 Å². The van der Waals surface area contributed by atoms with E-state index in [1.54, 1.807) is 12.3 Å². The second-order valence-electron chi connectivity index (χ2n) is 8.27. The number of hydrogen-bond donors (Lipinski definition) is 1. The minimum atomic E-state index is -1.21. The molecule has 6 nitrogen and oxygen atoms in total. The predicted molar refractivity (Wildman–Crippen MR) is 138 cm³/mol. The molecule has 6 heteroatoms. The topological polar surface area (TPSA) is 77.5 Å². The molecule has 0 spiro atoms. The lowest BCUT2D eigenvalue weighted by atomic mass is 9.68. The summed E-state index contributed by atoms with van der Waals surface area (Å²) in [5, 5.41) is 3.01. The van der Waals surface area contributed by atoms with Crippen molar-refractivity contribution in [2.24, 2.45) is 0 Å². The highest BCUT2D eigenvalue weighted by molar-refractivity contribution is 5.98. The van der Waals surface area contributed by atoms with Crippen LogP contribution < -0.4 is 10.1 Å². The molecule has 0 fully saturated rings. The van der Waals surface area contributed by atoms with Crippen LogP contribution in [0.1, 0.15) is 22.3 Å². The van der Waals surface area contributed by atoms with Crippen molar-refractivity contribution < 1.29 is 19.1 Å². The molecule has 4 aromatic rings. The zero-order chi connectivity index (χ0) is 25.4. The number of hydrogen-bond acceptors (Lipinski definition) is 5. The van der Waals surface area contributed by atoms with E-state index in [0.717, 1.165) is 16.7 Å². The van der Waals surface area contributed by atoms with E-state index < -0.39 is 17.4 Å². The van der Waals surface area contributed by atoms with Crippen LogP contribution in [-0.2, 0) is 26.2 Å². The van der Waals surface area contributed by atoms with E-state index >= 15 is 0 Å². The zero-order valence-corrected chi connectivity index (χ0v) is 20.3. The first-order chi connectivity index (χ1) is 17.6. The van der Waals surface area contributed by atoms with Gasteiger partial charge in [-0.2, -0.15) is 0 Å². The lowest BCUT2D eigenvalue weighted by Gasteiger charge is -2.35. The van der Waals surface area contributed by atoms with Crippen LogP contribution in [0.15, 0.2) is 109 Å². The molecule has 1 N–H and O–H groups in total. The minimum absolute atomic E-state index is 0.157. The van der Waals surface area contributed by atoms with Crippen molar-refractivity contribution in [3.63, 3.8) is 0 Å². The van der Waals surface area contributed by atoms with Gasteiger partial charge in [-0.15, -0.1) is 0 Å². The smallest absolute Gasteiger partial charge is 0.328 e. The number of pyridine rings is 1. The zero-order valence-electron chi connectivity index (χ0n) is 20.3. The number of benzene rings is 3. The van der Waals surface area contributed by atoms with Gasteiger partial charge in [0.25, 0.3) is 0 Å². The molecule has 0 aliphatic rings. The first-order valence-corrected chi connectivity index (χ1v) is 11.6. The van der Waals surface area contributed by atoms with Crippen molar-refractivity contribution in [1.29, 1.82) is 0 Å². The Labute approximate surface area is 210 Å². The number of rotatable bonds is 9. The molecule has 0 saturated carbocycles. The molecule has 0 bridgehead atoms. The van der Waals surface area contributed by atoms with Gasteiger partial charge in [0.05, 0.1) is 14.2 Å².